The zero-order valence-electron chi connectivity index (χ0n) is 17.9. The van der Waals surface area contributed by atoms with Gasteiger partial charge in [-0.25, -0.2) is 8.42 Å². The number of nitrogens with zero attached hydrogens (tertiary/aromatic N) is 2. The molecule has 10 nitrogen and oxygen atoms in total. The summed E-state index contributed by atoms with van der Waals surface area (Å²) >= 11 is 0. The van der Waals surface area contributed by atoms with E-state index in [1.54, 1.807) is 37.5 Å². The van der Waals surface area contributed by atoms with Gasteiger partial charge in [-0.2, -0.15) is 4.31 Å². The van der Waals surface area contributed by atoms with Gasteiger partial charge in [0.15, 0.2) is 0 Å². The summed E-state index contributed by atoms with van der Waals surface area (Å²) in [6.45, 7) is 2.36. The van der Waals surface area contributed by atoms with Gasteiger partial charge in [0.1, 0.15) is 12.0 Å². The lowest BCUT2D eigenvalue weighted by Gasteiger charge is -2.34. The summed E-state index contributed by atoms with van der Waals surface area (Å²) in [5, 5.41) is 4.96. The number of aromatic nitrogens is 1. The van der Waals surface area contributed by atoms with Crippen LogP contribution in [0.5, 0.6) is 5.75 Å². The Kier molecular flexibility index (Phi) is 7.78. The molecule has 1 saturated heterocycles. The average molecular weight is 463 g/mol. The van der Waals surface area contributed by atoms with Crippen molar-refractivity contribution in [3.05, 3.63) is 53.9 Å². The molecule has 0 spiro atoms. The Labute approximate surface area is 187 Å². The Balaban J connectivity index is 1.63. The zero-order chi connectivity index (χ0) is 23.1. The summed E-state index contributed by atoms with van der Waals surface area (Å²) in [6.07, 6.45) is 2.77. The molecule has 1 atom stereocenters. The first-order valence-corrected chi connectivity index (χ1v) is 11.5. The number of amides is 2. The molecular weight excluding hydrogens is 436 g/mol. The predicted molar refractivity (Wildman–Crippen MR) is 115 cm³/mol. The Morgan fingerprint density at radius 3 is 2.59 bits per heavy atom. The number of benzene rings is 1. The zero-order valence-corrected chi connectivity index (χ0v) is 18.7. The number of hydrogen-bond acceptors (Lipinski definition) is 7. The lowest BCUT2D eigenvalue weighted by atomic mass is 10.2. The van der Waals surface area contributed by atoms with Crippen molar-refractivity contribution in [1.29, 1.82) is 0 Å². The van der Waals surface area contributed by atoms with Gasteiger partial charge in [0.2, 0.25) is 10.0 Å². The minimum Gasteiger partial charge on any atom is -0.496 e. The molecule has 0 bridgehead atoms. The smallest absolute Gasteiger partial charge is 0.309 e. The summed E-state index contributed by atoms with van der Waals surface area (Å²) in [7, 11) is -2.36. The largest absolute Gasteiger partial charge is 0.496 e. The maximum absolute atomic E-state index is 13.2. The van der Waals surface area contributed by atoms with Crippen LogP contribution >= 0.6 is 0 Å². The van der Waals surface area contributed by atoms with E-state index in [9.17, 15) is 18.0 Å². The number of pyridine rings is 1. The first-order valence-electron chi connectivity index (χ1n) is 10.1. The number of rotatable bonds is 7. The van der Waals surface area contributed by atoms with Crippen molar-refractivity contribution >= 4 is 21.8 Å². The van der Waals surface area contributed by atoms with Crippen LogP contribution in [0.1, 0.15) is 17.5 Å². The molecule has 1 unspecified atom stereocenters. The third-order valence-corrected chi connectivity index (χ3v) is 6.86. The number of aryl methyl sites for hydroxylation is 1. The Morgan fingerprint density at radius 1 is 1.19 bits per heavy atom. The Hall–Kier alpha value is -3.02. The molecule has 1 aromatic heterocycles. The first-order chi connectivity index (χ1) is 15.3. The van der Waals surface area contributed by atoms with Gasteiger partial charge in [-0.05, 0) is 54.8 Å². The van der Waals surface area contributed by atoms with E-state index in [0.29, 0.717) is 24.3 Å². The molecule has 2 amide bonds. The van der Waals surface area contributed by atoms with E-state index >= 15 is 0 Å². The Bertz CT molecular complexity index is 1060. The molecule has 1 fully saturated rings. The molecule has 2 N–H and O–H groups in total. The number of carbonyl (C=O) groups is 2. The van der Waals surface area contributed by atoms with Crippen molar-refractivity contribution in [2.45, 2.75) is 31.0 Å². The van der Waals surface area contributed by atoms with Gasteiger partial charge in [-0.1, -0.05) is 0 Å². The summed E-state index contributed by atoms with van der Waals surface area (Å²) in [6, 6.07) is 8.04. The summed E-state index contributed by atoms with van der Waals surface area (Å²) in [5.74, 6) is -1.11. The van der Waals surface area contributed by atoms with E-state index < -0.39 is 28.1 Å². The highest BCUT2D eigenvalue weighted by atomic mass is 32.2. The van der Waals surface area contributed by atoms with Crippen LogP contribution in [0.25, 0.3) is 0 Å². The molecule has 0 radical (unpaired) electrons. The fourth-order valence-electron chi connectivity index (χ4n) is 3.27. The fraction of sp³-hybridized carbons (Fsp3) is 0.381. The number of carbonyl (C=O) groups excluding carboxylic acids is 2. The van der Waals surface area contributed by atoms with Crippen LogP contribution < -0.4 is 15.4 Å². The average Bonchev–Trinajstić information content (AvgIpc) is 2.81. The van der Waals surface area contributed by atoms with Crippen molar-refractivity contribution in [1.82, 2.24) is 19.9 Å². The van der Waals surface area contributed by atoms with Gasteiger partial charge >= 0.3 is 11.8 Å². The van der Waals surface area contributed by atoms with Crippen molar-refractivity contribution in [2.75, 3.05) is 26.8 Å². The Morgan fingerprint density at radius 2 is 1.91 bits per heavy atom. The standard InChI is InChI=1S/C21H26N4O6S/c1-15-12-17(4-5-18(15)30-2)32(28,29)25-10-3-11-31-19(25)14-24-21(27)20(26)23-13-16-6-8-22-9-7-16/h4-9,12,19H,3,10-11,13-14H2,1-2H3,(H,23,26)(H,24,27). The number of nitrogens with one attached hydrogen (secondary N) is 2. The molecule has 11 heteroatoms. The summed E-state index contributed by atoms with van der Waals surface area (Å²) in [5.41, 5.74) is 1.48. The molecule has 1 aliphatic heterocycles. The van der Waals surface area contributed by atoms with Crippen LogP contribution in [0, 0.1) is 6.92 Å². The number of ether oxygens (including phenoxy) is 2. The molecule has 172 valence electrons. The van der Waals surface area contributed by atoms with Crippen LogP contribution in [0.2, 0.25) is 0 Å². The van der Waals surface area contributed by atoms with Gasteiger partial charge in [0.25, 0.3) is 0 Å². The SMILES string of the molecule is COc1ccc(S(=O)(=O)N2CCCOC2CNC(=O)C(=O)NCc2ccncc2)cc1C. The first kappa shape index (κ1) is 23.6. The highest BCUT2D eigenvalue weighted by Crippen LogP contribution is 2.26. The van der Waals surface area contributed by atoms with Crippen molar-refractivity contribution < 1.29 is 27.5 Å². The van der Waals surface area contributed by atoms with Crippen molar-refractivity contribution in [3.8, 4) is 5.75 Å². The molecule has 1 aliphatic rings. The second kappa shape index (κ2) is 10.5. The minimum atomic E-state index is -3.88. The second-order valence-electron chi connectivity index (χ2n) is 7.17. The van der Waals surface area contributed by atoms with Gasteiger partial charge < -0.3 is 20.1 Å². The lowest BCUT2D eigenvalue weighted by molar-refractivity contribution is -0.140. The van der Waals surface area contributed by atoms with E-state index in [0.717, 1.165) is 5.56 Å². The normalized spacial score (nSPS) is 16.9. The lowest BCUT2D eigenvalue weighted by Crippen LogP contribution is -2.53. The highest BCUT2D eigenvalue weighted by Gasteiger charge is 2.35. The molecule has 1 aromatic carbocycles. The van der Waals surface area contributed by atoms with Crippen LogP contribution in [-0.2, 0) is 30.9 Å². The van der Waals surface area contributed by atoms with Crippen LogP contribution in [0.4, 0.5) is 0 Å². The van der Waals surface area contributed by atoms with Crippen LogP contribution in [0.15, 0.2) is 47.6 Å². The van der Waals surface area contributed by atoms with E-state index in [1.807, 2.05) is 0 Å². The molecule has 3 rings (SSSR count). The third-order valence-electron chi connectivity index (χ3n) is 4.97. The number of hydrogen-bond donors (Lipinski definition) is 2. The van der Waals surface area contributed by atoms with Crippen LogP contribution in [-0.4, -0.2) is 62.6 Å². The minimum absolute atomic E-state index is 0.104. The quantitative estimate of drug-likeness (QED) is 0.576. The summed E-state index contributed by atoms with van der Waals surface area (Å²) < 4.78 is 38.4. The number of sulfonamides is 1. The number of methoxy groups -OCH3 is 1. The maximum atomic E-state index is 13.2. The fourth-order valence-corrected chi connectivity index (χ4v) is 4.92. The van der Waals surface area contributed by atoms with Crippen LogP contribution in [0.3, 0.4) is 0 Å². The van der Waals surface area contributed by atoms with Gasteiger partial charge in [0, 0.05) is 25.5 Å². The molecule has 32 heavy (non-hydrogen) atoms. The second-order valence-corrected chi connectivity index (χ2v) is 9.06. The molecule has 2 heterocycles. The van der Waals surface area contributed by atoms with E-state index in [1.165, 1.54) is 23.5 Å². The molecule has 0 aliphatic carbocycles. The van der Waals surface area contributed by atoms with Gasteiger partial charge in [-0.3, -0.25) is 14.6 Å². The monoisotopic (exact) mass is 462 g/mol. The van der Waals surface area contributed by atoms with Crippen molar-refractivity contribution in [3.63, 3.8) is 0 Å². The highest BCUT2D eigenvalue weighted by molar-refractivity contribution is 7.89. The third kappa shape index (κ3) is 5.61. The molecule has 2 aromatic rings. The predicted octanol–water partition coefficient (Wildman–Crippen LogP) is 0.568. The van der Waals surface area contributed by atoms with Crippen molar-refractivity contribution in [2.24, 2.45) is 0 Å². The molecule has 0 saturated carbocycles. The topological polar surface area (TPSA) is 127 Å². The molecular formula is C21H26N4O6S. The van der Waals surface area contributed by atoms with E-state index in [-0.39, 0.29) is 24.5 Å². The van der Waals surface area contributed by atoms with Gasteiger partial charge in [-0.15, -0.1) is 0 Å². The van der Waals surface area contributed by atoms with E-state index in [2.05, 4.69) is 15.6 Å². The van der Waals surface area contributed by atoms with E-state index in [4.69, 9.17) is 9.47 Å². The maximum Gasteiger partial charge on any atom is 0.309 e. The van der Waals surface area contributed by atoms with Gasteiger partial charge in [0.05, 0.1) is 25.2 Å². The summed E-state index contributed by atoms with van der Waals surface area (Å²) in [4.78, 5) is 28.2.